The Bertz CT molecular complexity index is 207. The molecule has 0 radical (unpaired) electrons. The summed E-state index contributed by atoms with van der Waals surface area (Å²) in [6.07, 6.45) is -2.94. The lowest BCUT2D eigenvalue weighted by molar-refractivity contribution is -0.249. The van der Waals surface area contributed by atoms with Gasteiger partial charge in [-0.3, -0.25) is 4.90 Å². The van der Waals surface area contributed by atoms with Crippen molar-refractivity contribution in [3.8, 4) is 0 Å². The van der Waals surface area contributed by atoms with Crippen molar-refractivity contribution in [2.24, 2.45) is 0 Å². The molecule has 15 heavy (non-hydrogen) atoms. The topological polar surface area (TPSA) is 104 Å². The summed E-state index contributed by atoms with van der Waals surface area (Å²) in [7, 11) is 0. The molecule has 0 bridgehead atoms. The number of likely N-dealkylation sites (tertiary alicyclic amines) is 1. The van der Waals surface area contributed by atoms with Gasteiger partial charge in [-0.2, -0.15) is 0 Å². The molecule has 1 fully saturated rings. The Kier molecular flexibility index (Phi) is 4.05. The van der Waals surface area contributed by atoms with Gasteiger partial charge < -0.3 is 25.5 Å². The summed E-state index contributed by atoms with van der Waals surface area (Å²) in [5.74, 6) is -2.04. The summed E-state index contributed by atoms with van der Waals surface area (Å²) >= 11 is 0. The average Bonchev–Trinajstić information content (AvgIpc) is 2.12. The maximum absolute atomic E-state index is 9.40. The molecule has 0 saturated carbocycles. The van der Waals surface area contributed by atoms with Crippen LogP contribution in [0.1, 0.15) is 13.3 Å². The van der Waals surface area contributed by atoms with E-state index in [0.717, 1.165) is 0 Å². The third kappa shape index (κ3) is 3.37. The van der Waals surface area contributed by atoms with Crippen molar-refractivity contribution in [2.45, 2.75) is 37.4 Å². The fourth-order valence-corrected chi connectivity index (χ4v) is 1.55. The Morgan fingerprint density at radius 2 is 2.00 bits per heavy atom. The van der Waals surface area contributed by atoms with Gasteiger partial charge in [-0.15, -0.1) is 0 Å². The normalized spacial score (nSPS) is 31.2. The van der Waals surface area contributed by atoms with Gasteiger partial charge in [-0.25, -0.2) is 0 Å². The minimum atomic E-state index is -2.04. The highest BCUT2D eigenvalue weighted by molar-refractivity contribution is 4.86. The number of β-amino-alcohol motifs (C(OH)–C–C–N with tert-alkyl or cyclic N) is 2. The smallest absolute Gasteiger partial charge is 0.191 e. The summed E-state index contributed by atoms with van der Waals surface area (Å²) in [6.45, 7) is 2.14. The molecule has 0 aliphatic carbocycles. The van der Waals surface area contributed by atoms with Crippen molar-refractivity contribution in [3.63, 3.8) is 0 Å². The predicted octanol–water partition coefficient (Wildman–Crippen LogP) is -2.52. The van der Waals surface area contributed by atoms with Crippen molar-refractivity contribution in [1.29, 1.82) is 0 Å². The third-order valence-electron chi connectivity index (χ3n) is 2.76. The molecule has 1 aliphatic rings. The SMILES string of the molecule is CC(O)C(O)CN1CCC(O)(O)C(O)C1. The van der Waals surface area contributed by atoms with E-state index in [0.29, 0.717) is 6.54 Å². The van der Waals surface area contributed by atoms with E-state index in [4.69, 9.17) is 5.11 Å². The zero-order valence-electron chi connectivity index (χ0n) is 8.74. The highest BCUT2D eigenvalue weighted by Crippen LogP contribution is 2.19. The van der Waals surface area contributed by atoms with Gasteiger partial charge in [0.05, 0.1) is 12.2 Å². The summed E-state index contributed by atoms with van der Waals surface area (Å²) in [5, 5.41) is 46.4. The van der Waals surface area contributed by atoms with Crippen LogP contribution in [0.2, 0.25) is 0 Å². The molecule has 6 nitrogen and oxygen atoms in total. The second-order valence-corrected chi connectivity index (χ2v) is 4.21. The summed E-state index contributed by atoms with van der Waals surface area (Å²) in [5.41, 5.74) is 0. The Morgan fingerprint density at radius 3 is 2.47 bits per heavy atom. The maximum Gasteiger partial charge on any atom is 0.191 e. The van der Waals surface area contributed by atoms with Crippen LogP contribution in [0.15, 0.2) is 0 Å². The first-order valence-corrected chi connectivity index (χ1v) is 5.04. The quantitative estimate of drug-likeness (QED) is 0.337. The Morgan fingerprint density at radius 1 is 1.40 bits per heavy atom. The van der Waals surface area contributed by atoms with E-state index in [2.05, 4.69) is 0 Å². The van der Waals surface area contributed by atoms with E-state index in [1.807, 2.05) is 0 Å². The molecule has 3 atom stereocenters. The van der Waals surface area contributed by atoms with E-state index in [1.165, 1.54) is 6.92 Å². The fraction of sp³-hybridized carbons (Fsp3) is 1.00. The molecular formula is C9H19NO5. The Hall–Kier alpha value is -0.240. The Balaban J connectivity index is 2.42. The van der Waals surface area contributed by atoms with Crippen molar-refractivity contribution in [1.82, 2.24) is 4.90 Å². The van der Waals surface area contributed by atoms with Crippen molar-refractivity contribution < 1.29 is 25.5 Å². The molecule has 6 heteroatoms. The molecule has 0 spiro atoms. The van der Waals surface area contributed by atoms with Crippen LogP contribution in [-0.2, 0) is 0 Å². The third-order valence-corrected chi connectivity index (χ3v) is 2.76. The van der Waals surface area contributed by atoms with E-state index >= 15 is 0 Å². The standard InChI is InChI=1S/C9H19NO5/c1-6(11)7(12)4-10-3-2-9(14,15)8(13)5-10/h6-8,11-15H,2-5H2,1H3. The molecule has 0 aromatic rings. The maximum atomic E-state index is 9.40. The zero-order chi connectivity index (χ0) is 11.6. The van der Waals surface area contributed by atoms with E-state index in [-0.39, 0.29) is 19.5 Å². The largest absolute Gasteiger partial charge is 0.391 e. The fourth-order valence-electron chi connectivity index (χ4n) is 1.55. The van der Waals surface area contributed by atoms with Gasteiger partial charge in [0.25, 0.3) is 0 Å². The number of piperidine rings is 1. The lowest BCUT2D eigenvalue weighted by atomic mass is 10.0. The molecule has 0 aromatic heterocycles. The molecule has 1 heterocycles. The molecule has 1 rings (SSSR count). The van der Waals surface area contributed by atoms with Crippen LogP contribution in [-0.4, -0.2) is 74.2 Å². The van der Waals surface area contributed by atoms with Gasteiger partial charge in [0.15, 0.2) is 5.79 Å². The number of aliphatic hydroxyl groups is 5. The van der Waals surface area contributed by atoms with Gasteiger partial charge in [0, 0.05) is 26.1 Å². The number of nitrogens with zero attached hydrogens (tertiary/aromatic N) is 1. The lowest BCUT2D eigenvalue weighted by Gasteiger charge is -2.39. The van der Waals surface area contributed by atoms with Crippen LogP contribution in [0, 0.1) is 0 Å². The number of hydrogen-bond donors (Lipinski definition) is 5. The Labute approximate surface area is 88.4 Å². The van der Waals surface area contributed by atoms with Crippen LogP contribution in [0.5, 0.6) is 0 Å². The molecular weight excluding hydrogens is 202 g/mol. The van der Waals surface area contributed by atoms with Crippen LogP contribution in [0.25, 0.3) is 0 Å². The number of hydrogen-bond acceptors (Lipinski definition) is 6. The summed E-state index contributed by atoms with van der Waals surface area (Å²) in [6, 6.07) is 0. The first-order valence-electron chi connectivity index (χ1n) is 5.04. The van der Waals surface area contributed by atoms with Crippen LogP contribution in [0.3, 0.4) is 0 Å². The summed E-state index contributed by atoms with van der Waals surface area (Å²) < 4.78 is 0. The second kappa shape index (κ2) is 4.73. The molecule has 3 unspecified atom stereocenters. The predicted molar refractivity (Wildman–Crippen MR) is 51.9 cm³/mol. The monoisotopic (exact) mass is 221 g/mol. The van der Waals surface area contributed by atoms with Gasteiger partial charge in [0.2, 0.25) is 0 Å². The minimum absolute atomic E-state index is 0.0285. The van der Waals surface area contributed by atoms with Crippen LogP contribution >= 0.6 is 0 Å². The number of aliphatic hydroxyl groups excluding tert-OH is 3. The summed E-state index contributed by atoms with van der Waals surface area (Å²) in [4.78, 5) is 1.69. The zero-order valence-corrected chi connectivity index (χ0v) is 8.74. The minimum Gasteiger partial charge on any atom is -0.391 e. The molecule has 0 aromatic carbocycles. The van der Waals surface area contributed by atoms with Gasteiger partial charge in [-0.05, 0) is 6.92 Å². The van der Waals surface area contributed by atoms with E-state index in [9.17, 15) is 20.4 Å². The highest BCUT2D eigenvalue weighted by atomic mass is 16.5. The van der Waals surface area contributed by atoms with E-state index in [1.54, 1.807) is 4.90 Å². The molecule has 5 N–H and O–H groups in total. The molecule has 1 aliphatic heterocycles. The molecule has 0 amide bonds. The van der Waals surface area contributed by atoms with Crippen molar-refractivity contribution >= 4 is 0 Å². The average molecular weight is 221 g/mol. The first kappa shape index (κ1) is 12.8. The highest BCUT2D eigenvalue weighted by Gasteiger charge is 2.39. The first-order chi connectivity index (χ1) is 6.83. The van der Waals surface area contributed by atoms with Crippen LogP contribution in [0.4, 0.5) is 0 Å². The van der Waals surface area contributed by atoms with Gasteiger partial charge >= 0.3 is 0 Å². The van der Waals surface area contributed by atoms with Crippen molar-refractivity contribution in [3.05, 3.63) is 0 Å². The second-order valence-electron chi connectivity index (χ2n) is 4.21. The van der Waals surface area contributed by atoms with Crippen LogP contribution < -0.4 is 0 Å². The van der Waals surface area contributed by atoms with E-state index < -0.39 is 24.1 Å². The van der Waals surface area contributed by atoms with Crippen molar-refractivity contribution in [2.75, 3.05) is 19.6 Å². The lowest BCUT2D eigenvalue weighted by Crippen LogP contribution is -2.57. The molecule has 90 valence electrons. The number of rotatable bonds is 3. The van der Waals surface area contributed by atoms with Gasteiger partial charge in [-0.1, -0.05) is 0 Å². The molecule has 1 saturated heterocycles. The van der Waals surface area contributed by atoms with Gasteiger partial charge in [0.1, 0.15) is 6.10 Å².